The lowest BCUT2D eigenvalue weighted by atomic mass is 10.0. The van der Waals surface area contributed by atoms with Gasteiger partial charge in [0, 0.05) is 4.88 Å². The summed E-state index contributed by atoms with van der Waals surface area (Å²) in [5.74, 6) is -0.0339. The molecule has 2 rings (SSSR count). The van der Waals surface area contributed by atoms with Gasteiger partial charge in [-0.15, -0.1) is 11.3 Å². The normalized spacial score (nSPS) is 12.4. The van der Waals surface area contributed by atoms with E-state index in [0.717, 1.165) is 18.5 Å². The maximum atomic E-state index is 13.9. The number of rotatable bonds is 6. The monoisotopic (exact) mass is 293 g/mol. The van der Waals surface area contributed by atoms with Crippen molar-refractivity contribution in [3.8, 4) is 5.75 Å². The van der Waals surface area contributed by atoms with E-state index < -0.39 is 0 Å². The molecular weight excluding hydrogens is 273 g/mol. The smallest absolute Gasteiger partial charge is 0.165 e. The highest BCUT2D eigenvalue weighted by Gasteiger charge is 2.18. The minimum absolute atomic E-state index is 0.0374. The van der Waals surface area contributed by atoms with Crippen molar-refractivity contribution in [2.45, 2.75) is 26.3 Å². The van der Waals surface area contributed by atoms with Crippen LogP contribution < -0.4 is 10.1 Å². The zero-order valence-electron chi connectivity index (χ0n) is 12.1. The zero-order valence-corrected chi connectivity index (χ0v) is 12.9. The molecule has 0 aliphatic carbocycles. The molecule has 0 aliphatic rings. The molecule has 0 fully saturated rings. The standard InChI is InChI=1S/C16H20FNOS/c1-4-11-8-9-20-16(11)15(18-5-2)12-6-7-14(19-3)13(17)10-12/h6-10,15,18H,4-5H2,1-3H3. The molecule has 1 unspecified atom stereocenters. The van der Waals surface area contributed by atoms with Crippen LogP contribution in [0.25, 0.3) is 0 Å². The van der Waals surface area contributed by atoms with Crippen LogP contribution in [0.2, 0.25) is 0 Å². The summed E-state index contributed by atoms with van der Waals surface area (Å²) in [5.41, 5.74) is 2.25. The van der Waals surface area contributed by atoms with Gasteiger partial charge in [0.25, 0.3) is 0 Å². The van der Waals surface area contributed by atoms with E-state index in [4.69, 9.17) is 4.74 Å². The first-order valence-electron chi connectivity index (χ1n) is 6.84. The van der Waals surface area contributed by atoms with Crippen LogP contribution in [0, 0.1) is 5.82 Å². The van der Waals surface area contributed by atoms with Crippen molar-refractivity contribution >= 4 is 11.3 Å². The van der Waals surface area contributed by atoms with E-state index in [1.54, 1.807) is 23.5 Å². The Kier molecular flexibility index (Phi) is 5.15. The number of halogens is 1. The molecule has 0 saturated carbocycles. The maximum absolute atomic E-state index is 13.9. The fourth-order valence-corrected chi connectivity index (χ4v) is 3.42. The number of aryl methyl sites for hydroxylation is 1. The second-order valence-corrected chi connectivity index (χ2v) is 5.50. The number of hydrogen-bond donors (Lipinski definition) is 1. The molecule has 0 saturated heterocycles. The molecule has 2 nitrogen and oxygen atoms in total. The van der Waals surface area contributed by atoms with E-state index in [0.29, 0.717) is 0 Å². The molecule has 0 bridgehead atoms. The van der Waals surface area contributed by atoms with E-state index in [1.807, 2.05) is 6.07 Å². The molecule has 1 aromatic carbocycles. The van der Waals surface area contributed by atoms with Gasteiger partial charge in [-0.1, -0.05) is 19.9 Å². The van der Waals surface area contributed by atoms with Gasteiger partial charge in [-0.05, 0) is 47.7 Å². The highest BCUT2D eigenvalue weighted by Crippen LogP contribution is 2.32. The number of ether oxygens (including phenoxy) is 1. The van der Waals surface area contributed by atoms with Gasteiger partial charge in [-0.25, -0.2) is 4.39 Å². The highest BCUT2D eigenvalue weighted by atomic mass is 32.1. The van der Waals surface area contributed by atoms with Crippen molar-refractivity contribution in [1.82, 2.24) is 5.32 Å². The van der Waals surface area contributed by atoms with Gasteiger partial charge in [0.1, 0.15) is 0 Å². The Bertz CT molecular complexity index is 567. The lowest BCUT2D eigenvalue weighted by Crippen LogP contribution is -2.22. The second kappa shape index (κ2) is 6.86. The summed E-state index contributed by atoms with van der Waals surface area (Å²) < 4.78 is 18.9. The molecule has 108 valence electrons. The van der Waals surface area contributed by atoms with Crippen LogP contribution in [0.1, 0.15) is 35.9 Å². The first-order valence-corrected chi connectivity index (χ1v) is 7.72. The van der Waals surface area contributed by atoms with Crippen LogP contribution in [0.5, 0.6) is 5.75 Å². The van der Waals surface area contributed by atoms with Gasteiger partial charge < -0.3 is 10.1 Å². The van der Waals surface area contributed by atoms with Gasteiger partial charge >= 0.3 is 0 Å². The second-order valence-electron chi connectivity index (χ2n) is 4.55. The van der Waals surface area contributed by atoms with Gasteiger partial charge in [-0.2, -0.15) is 0 Å². The molecule has 1 aromatic heterocycles. The largest absolute Gasteiger partial charge is 0.494 e. The third-order valence-corrected chi connectivity index (χ3v) is 4.37. The predicted octanol–water partition coefficient (Wildman–Crippen LogP) is 4.16. The highest BCUT2D eigenvalue weighted by molar-refractivity contribution is 7.10. The molecular formula is C16H20FNOS. The first-order chi connectivity index (χ1) is 9.71. The summed E-state index contributed by atoms with van der Waals surface area (Å²) in [5, 5.41) is 5.54. The number of hydrogen-bond acceptors (Lipinski definition) is 3. The number of thiophene rings is 1. The van der Waals surface area contributed by atoms with E-state index in [9.17, 15) is 4.39 Å². The van der Waals surface area contributed by atoms with Gasteiger partial charge in [0.2, 0.25) is 0 Å². The minimum Gasteiger partial charge on any atom is -0.494 e. The number of methoxy groups -OCH3 is 1. The van der Waals surface area contributed by atoms with Gasteiger partial charge in [0.05, 0.1) is 13.2 Å². The van der Waals surface area contributed by atoms with Crippen molar-refractivity contribution in [3.63, 3.8) is 0 Å². The van der Waals surface area contributed by atoms with Crippen molar-refractivity contribution < 1.29 is 9.13 Å². The molecule has 1 N–H and O–H groups in total. The summed E-state index contributed by atoms with van der Waals surface area (Å²) in [6.07, 6.45) is 0.985. The fraction of sp³-hybridized carbons (Fsp3) is 0.375. The van der Waals surface area contributed by atoms with E-state index >= 15 is 0 Å². The molecule has 1 heterocycles. The van der Waals surface area contributed by atoms with Gasteiger partial charge in [0.15, 0.2) is 11.6 Å². The fourth-order valence-electron chi connectivity index (χ4n) is 2.32. The maximum Gasteiger partial charge on any atom is 0.165 e. The van der Waals surface area contributed by atoms with Crippen LogP contribution in [0.4, 0.5) is 4.39 Å². The topological polar surface area (TPSA) is 21.3 Å². The number of nitrogens with one attached hydrogen (secondary N) is 1. The molecule has 20 heavy (non-hydrogen) atoms. The quantitative estimate of drug-likeness (QED) is 0.863. The third kappa shape index (κ3) is 3.02. The van der Waals surface area contributed by atoms with Crippen molar-refractivity contribution in [2.75, 3.05) is 13.7 Å². The van der Waals surface area contributed by atoms with Crippen LogP contribution in [0.15, 0.2) is 29.6 Å². The summed E-state index contributed by atoms with van der Waals surface area (Å²) in [6.45, 7) is 5.04. The summed E-state index contributed by atoms with van der Waals surface area (Å²) in [6, 6.07) is 7.35. The SMILES string of the molecule is CCNC(c1ccc(OC)c(F)c1)c1sccc1CC. The number of benzene rings is 1. The van der Waals surface area contributed by atoms with E-state index in [2.05, 4.69) is 30.6 Å². The van der Waals surface area contributed by atoms with Crippen LogP contribution in [0.3, 0.4) is 0 Å². The molecule has 0 spiro atoms. The Morgan fingerprint density at radius 3 is 2.70 bits per heavy atom. The Labute approximate surface area is 123 Å². The molecule has 4 heteroatoms. The summed E-state index contributed by atoms with van der Waals surface area (Å²) >= 11 is 1.72. The first kappa shape index (κ1) is 15.0. The van der Waals surface area contributed by atoms with Crippen LogP contribution in [-0.2, 0) is 6.42 Å². The third-order valence-electron chi connectivity index (χ3n) is 3.34. The molecule has 1 atom stereocenters. The van der Waals surface area contributed by atoms with Crippen molar-refractivity contribution in [1.29, 1.82) is 0 Å². The average Bonchev–Trinajstić information content (AvgIpc) is 2.92. The zero-order chi connectivity index (χ0) is 14.5. The molecule has 0 amide bonds. The lowest BCUT2D eigenvalue weighted by Gasteiger charge is -2.19. The Balaban J connectivity index is 2.40. The van der Waals surface area contributed by atoms with Crippen LogP contribution in [-0.4, -0.2) is 13.7 Å². The molecule has 0 radical (unpaired) electrons. The summed E-state index contributed by atoms with van der Waals surface area (Å²) in [4.78, 5) is 1.26. The lowest BCUT2D eigenvalue weighted by molar-refractivity contribution is 0.386. The summed E-state index contributed by atoms with van der Waals surface area (Å²) in [7, 11) is 1.48. The Morgan fingerprint density at radius 2 is 2.10 bits per heavy atom. The van der Waals surface area contributed by atoms with Gasteiger partial charge in [-0.3, -0.25) is 0 Å². The van der Waals surface area contributed by atoms with Crippen LogP contribution >= 0.6 is 11.3 Å². The van der Waals surface area contributed by atoms with Crippen molar-refractivity contribution in [2.24, 2.45) is 0 Å². The Hall–Kier alpha value is -1.39. The van der Waals surface area contributed by atoms with E-state index in [1.165, 1.54) is 17.6 Å². The van der Waals surface area contributed by atoms with E-state index in [-0.39, 0.29) is 17.6 Å². The minimum atomic E-state index is -0.317. The molecule has 0 aliphatic heterocycles. The Morgan fingerprint density at radius 1 is 1.30 bits per heavy atom. The predicted molar refractivity (Wildman–Crippen MR) is 82.2 cm³/mol. The average molecular weight is 293 g/mol. The van der Waals surface area contributed by atoms with Crippen molar-refractivity contribution in [3.05, 3.63) is 51.5 Å². The molecule has 2 aromatic rings.